The first-order chi connectivity index (χ1) is 16.3. The van der Waals surface area contributed by atoms with E-state index in [9.17, 15) is 13.2 Å². The van der Waals surface area contributed by atoms with E-state index in [1.54, 1.807) is 35.6 Å². The number of hydrogen-bond donors (Lipinski definition) is 0. The van der Waals surface area contributed by atoms with E-state index in [1.165, 1.54) is 4.31 Å². The minimum Gasteiger partial charge on any atom is -0.337 e. The quantitative estimate of drug-likeness (QED) is 0.509. The first-order valence-corrected chi connectivity index (χ1v) is 12.8. The van der Waals surface area contributed by atoms with Gasteiger partial charge in [0, 0.05) is 32.3 Å². The summed E-state index contributed by atoms with van der Waals surface area (Å²) in [6, 6.07) is 17.8. The average Bonchev–Trinajstić information content (AvgIpc) is 3.12. The molecule has 178 valence electrons. The molecule has 0 radical (unpaired) electrons. The van der Waals surface area contributed by atoms with Gasteiger partial charge < -0.3 is 4.90 Å². The number of amides is 1. The standard InChI is InChI=1S/C26H30N4O3S/c1-20-9-11-23(12-10-20)13-14-25(31)28-15-17-29(18-16-28)34(32,33)26-21(2)27-30(22(26)3)19-24-7-5-4-6-8-24/h4-14H,15-19H2,1-3H3. The van der Waals surface area contributed by atoms with Gasteiger partial charge in [0.05, 0.1) is 17.9 Å². The fourth-order valence-electron chi connectivity index (χ4n) is 4.19. The Morgan fingerprint density at radius 1 is 0.941 bits per heavy atom. The van der Waals surface area contributed by atoms with Crippen LogP contribution in [0.3, 0.4) is 0 Å². The van der Waals surface area contributed by atoms with Crippen molar-refractivity contribution in [2.75, 3.05) is 26.2 Å². The SMILES string of the molecule is Cc1ccc(C=CC(=O)N2CCN(S(=O)(=O)c3c(C)nn(Cc4ccccc4)c3C)CC2)cc1. The van der Waals surface area contributed by atoms with Gasteiger partial charge in [0.15, 0.2) is 0 Å². The topological polar surface area (TPSA) is 75.5 Å². The maximum absolute atomic E-state index is 13.5. The number of hydrogen-bond acceptors (Lipinski definition) is 4. The predicted molar refractivity (Wildman–Crippen MR) is 133 cm³/mol. The Morgan fingerprint density at radius 3 is 2.24 bits per heavy atom. The van der Waals surface area contributed by atoms with Gasteiger partial charge in [-0.15, -0.1) is 0 Å². The second-order valence-corrected chi connectivity index (χ2v) is 10.5. The van der Waals surface area contributed by atoms with Gasteiger partial charge in [-0.05, 0) is 38.0 Å². The van der Waals surface area contributed by atoms with E-state index >= 15 is 0 Å². The number of aryl methyl sites for hydroxylation is 2. The van der Waals surface area contributed by atoms with Crippen LogP contribution in [0.15, 0.2) is 65.6 Å². The molecule has 1 saturated heterocycles. The second kappa shape index (κ2) is 9.95. The van der Waals surface area contributed by atoms with E-state index in [2.05, 4.69) is 5.10 Å². The zero-order chi connectivity index (χ0) is 24.3. The van der Waals surface area contributed by atoms with Gasteiger partial charge in [0.1, 0.15) is 4.90 Å². The lowest BCUT2D eigenvalue weighted by Crippen LogP contribution is -2.50. The summed E-state index contributed by atoms with van der Waals surface area (Å²) in [4.78, 5) is 14.6. The van der Waals surface area contributed by atoms with Gasteiger partial charge in [0.25, 0.3) is 0 Å². The first-order valence-electron chi connectivity index (χ1n) is 11.4. The molecule has 0 unspecified atom stereocenters. The molecule has 2 aromatic carbocycles. The molecular weight excluding hydrogens is 448 g/mol. The van der Waals surface area contributed by atoms with Crippen LogP contribution in [0, 0.1) is 20.8 Å². The maximum atomic E-state index is 13.5. The highest BCUT2D eigenvalue weighted by Gasteiger charge is 2.33. The van der Waals surface area contributed by atoms with Gasteiger partial charge in [-0.2, -0.15) is 9.40 Å². The van der Waals surface area contributed by atoms with E-state index in [0.29, 0.717) is 31.0 Å². The minimum atomic E-state index is -3.71. The highest BCUT2D eigenvalue weighted by Crippen LogP contribution is 2.25. The van der Waals surface area contributed by atoms with Crippen LogP contribution in [0.1, 0.15) is 28.1 Å². The number of nitrogens with zero attached hydrogens (tertiary/aromatic N) is 4. The lowest BCUT2D eigenvalue weighted by atomic mass is 10.1. The summed E-state index contributed by atoms with van der Waals surface area (Å²) in [7, 11) is -3.71. The van der Waals surface area contributed by atoms with Crippen molar-refractivity contribution in [3.8, 4) is 0 Å². The van der Waals surface area contributed by atoms with Crippen molar-refractivity contribution in [1.82, 2.24) is 19.0 Å². The third-order valence-electron chi connectivity index (χ3n) is 6.13. The van der Waals surface area contributed by atoms with E-state index < -0.39 is 10.0 Å². The number of aromatic nitrogens is 2. The summed E-state index contributed by atoms with van der Waals surface area (Å²) in [5.74, 6) is -0.110. The molecular formula is C26H30N4O3S. The number of benzene rings is 2. The normalized spacial score (nSPS) is 15.2. The molecule has 7 nitrogen and oxygen atoms in total. The number of carbonyl (C=O) groups excluding carboxylic acids is 1. The summed E-state index contributed by atoms with van der Waals surface area (Å²) in [6.45, 7) is 7.29. The average molecular weight is 479 g/mol. The molecule has 4 rings (SSSR count). The van der Waals surface area contributed by atoms with Crippen molar-refractivity contribution in [3.05, 3.63) is 88.8 Å². The van der Waals surface area contributed by atoms with Gasteiger partial charge in [-0.25, -0.2) is 8.42 Å². The van der Waals surface area contributed by atoms with Crippen molar-refractivity contribution in [2.45, 2.75) is 32.2 Å². The third-order valence-corrected chi connectivity index (χ3v) is 8.29. The molecule has 1 aliphatic heterocycles. The Hall–Kier alpha value is -3.23. The van der Waals surface area contributed by atoms with E-state index in [4.69, 9.17) is 0 Å². The van der Waals surface area contributed by atoms with Crippen LogP contribution in [0.5, 0.6) is 0 Å². The van der Waals surface area contributed by atoms with Gasteiger partial charge >= 0.3 is 0 Å². The molecule has 0 saturated carbocycles. The van der Waals surface area contributed by atoms with Crippen LogP contribution < -0.4 is 0 Å². The summed E-state index contributed by atoms with van der Waals surface area (Å²) in [6.07, 6.45) is 3.34. The fraction of sp³-hybridized carbons (Fsp3) is 0.308. The van der Waals surface area contributed by atoms with Crippen LogP contribution in [-0.4, -0.2) is 59.5 Å². The van der Waals surface area contributed by atoms with Crippen molar-refractivity contribution >= 4 is 22.0 Å². The second-order valence-electron chi connectivity index (χ2n) is 8.62. The summed E-state index contributed by atoms with van der Waals surface area (Å²) < 4.78 is 30.1. The van der Waals surface area contributed by atoms with Gasteiger partial charge in [-0.1, -0.05) is 60.2 Å². The number of sulfonamides is 1. The van der Waals surface area contributed by atoms with Gasteiger partial charge in [-0.3, -0.25) is 9.48 Å². The molecule has 0 aliphatic carbocycles. The number of piperazine rings is 1. The van der Waals surface area contributed by atoms with Crippen LogP contribution in [0.4, 0.5) is 0 Å². The summed E-state index contributed by atoms with van der Waals surface area (Å²) in [5, 5.41) is 4.51. The van der Waals surface area contributed by atoms with Crippen LogP contribution in [0.25, 0.3) is 6.08 Å². The lowest BCUT2D eigenvalue weighted by molar-refractivity contribution is -0.127. The fourth-order valence-corrected chi connectivity index (χ4v) is 5.99. The highest BCUT2D eigenvalue weighted by atomic mass is 32.2. The van der Waals surface area contributed by atoms with Crippen LogP contribution in [0.2, 0.25) is 0 Å². The van der Waals surface area contributed by atoms with E-state index in [-0.39, 0.29) is 23.9 Å². The number of carbonyl (C=O) groups is 1. The third kappa shape index (κ3) is 5.13. The van der Waals surface area contributed by atoms with Crippen molar-refractivity contribution < 1.29 is 13.2 Å². The molecule has 34 heavy (non-hydrogen) atoms. The molecule has 0 N–H and O–H groups in total. The van der Waals surface area contributed by atoms with Crippen molar-refractivity contribution in [3.63, 3.8) is 0 Å². The molecule has 0 atom stereocenters. The molecule has 3 aromatic rings. The molecule has 0 bridgehead atoms. The summed E-state index contributed by atoms with van der Waals surface area (Å²) in [5.41, 5.74) is 4.30. The first kappa shape index (κ1) is 23.9. The Bertz CT molecular complexity index is 1290. The van der Waals surface area contributed by atoms with Crippen LogP contribution >= 0.6 is 0 Å². The highest BCUT2D eigenvalue weighted by molar-refractivity contribution is 7.89. The molecule has 2 heterocycles. The van der Waals surface area contributed by atoms with Crippen molar-refractivity contribution in [1.29, 1.82) is 0 Å². The molecule has 1 fully saturated rings. The summed E-state index contributed by atoms with van der Waals surface area (Å²) >= 11 is 0. The Morgan fingerprint density at radius 2 is 1.59 bits per heavy atom. The minimum absolute atomic E-state index is 0.110. The Kier molecular flexibility index (Phi) is 7.00. The zero-order valence-corrected chi connectivity index (χ0v) is 20.6. The monoisotopic (exact) mass is 478 g/mol. The number of rotatable bonds is 6. The smallest absolute Gasteiger partial charge is 0.246 e. The predicted octanol–water partition coefficient (Wildman–Crippen LogP) is 3.40. The molecule has 8 heteroatoms. The van der Waals surface area contributed by atoms with E-state index in [1.807, 2.05) is 61.5 Å². The zero-order valence-electron chi connectivity index (χ0n) is 19.8. The molecule has 0 spiro atoms. The molecule has 1 amide bonds. The van der Waals surface area contributed by atoms with Crippen molar-refractivity contribution in [2.24, 2.45) is 0 Å². The molecule has 1 aromatic heterocycles. The van der Waals surface area contributed by atoms with Gasteiger partial charge in [0.2, 0.25) is 15.9 Å². The Balaban J connectivity index is 1.43. The largest absolute Gasteiger partial charge is 0.337 e. The lowest BCUT2D eigenvalue weighted by Gasteiger charge is -2.33. The van der Waals surface area contributed by atoms with E-state index in [0.717, 1.165) is 16.7 Å². The maximum Gasteiger partial charge on any atom is 0.246 e. The molecule has 1 aliphatic rings. The Labute approximate surface area is 201 Å². The van der Waals surface area contributed by atoms with Crippen LogP contribution in [-0.2, 0) is 21.4 Å².